The molecule has 3 nitrogen and oxygen atoms in total. The Morgan fingerprint density at radius 2 is 2.06 bits per heavy atom. The molecule has 1 aliphatic rings. The zero-order valence-corrected chi connectivity index (χ0v) is 9.77. The highest BCUT2D eigenvalue weighted by Crippen LogP contribution is 2.36. The summed E-state index contributed by atoms with van der Waals surface area (Å²) in [7, 11) is 0. The topological polar surface area (TPSA) is 54.7 Å². The minimum atomic E-state index is 0.0211. The normalized spacial score (nSPS) is 22.4. The van der Waals surface area contributed by atoms with Gasteiger partial charge >= 0.3 is 0 Å². The highest BCUT2D eigenvalue weighted by atomic mass is 15.2. The van der Waals surface area contributed by atoms with Crippen molar-refractivity contribution < 1.29 is 0 Å². The van der Waals surface area contributed by atoms with E-state index in [9.17, 15) is 0 Å². The summed E-state index contributed by atoms with van der Waals surface area (Å²) in [6.45, 7) is 2.23. The molecular formula is C14H15N3. The van der Waals surface area contributed by atoms with Crippen LogP contribution in [0.1, 0.15) is 23.7 Å². The molecule has 1 aromatic heterocycles. The van der Waals surface area contributed by atoms with Gasteiger partial charge in [-0.1, -0.05) is 49.4 Å². The third kappa shape index (κ3) is 1.55. The van der Waals surface area contributed by atoms with E-state index >= 15 is 0 Å². The largest absolute Gasteiger partial charge is 0.382 e. The summed E-state index contributed by atoms with van der Waals surface area (Å²) in [5.41, 5.74) is 9.29. The Kier molecular flexibility index (Phi) is 2.08. The maximum Gasteiger partial charge on any atom is 0.152 e. The number of fused-ring (bicyclic) bond motifs is 1. The van der Waals surface area contributed by atoms with Crippen molar-refractivity contribution in [1.29, 1.82) is 0 Å². The summed E-state index contributed by atoms with van der Waals surface area (Å²) < 4.78 is 0. The van der Waals surface area contributed by atoms with Gasteiger partial charge in [0.1, 0.15) is 0 Å². The molecular weight excluding hydrogens is 210 g/mol. The van der Waals surface area contributed by atoms with Crippen LogP contribution < -0.4 is 5.73 Å². The Labute approximate surface area is 100 Å². The SMILES string of the molecule is CC1(c2ccccc2)C=Cc2c(N)n[nH]c2C1. The fraction of sp³-hybridized carbons (Fsp3) is 0.214. The lowest BCUT2D eigenvalue weighted by Crippen LogP contribution is -2.25. The number of hydrogen-bond acceptors (Lipinski definition) is 2. The molecule has 0 amide bonds. The molecule has 3 N–H and O–H groups in total. The summed E-state index contributed by atoms with van der Waals surface area (Å²) in [6.07, 6.45) is 5.20. The smallest absolute Gasteiger partial charge is 0.152 e. The Morgan fingerprint density at radius 3 is 2.82 bits per heavy atom. The number of allylic oxidation sites excluding steroid dienone is 1. The van der Waals surface area contributed by atoms with Gasteiger partial charge in [-0.05, 0) is 5.56 Å². The summed E-state index contributed by atoms with van der Waals surface area (Å²) in [4.78, 5) is 0. The highest BCUT2D eigenvalue weighted by Gasteiger charge is 2.29. The summed E-state index contributed by atoms with van der Waals surface area (Å²) in [6, 6.07) is 10.5. The first kappa shape index (κ1) is 10.1. The zero-order chi connectivity index (χ0) is 11.9. The van der Waals surface area contributed by atoms with E-state index in [1.165, 1.54) is 5.56 Å². The number of nitrogens with one attached hydrogen (secondary N) is 1. The maximum absolute atomic E-state index is 5.79. The Bertz CT molecular complexity index is 568. The molecule has 0 radical (unpaired) electrons. The van der Waals surface area contributed by atoms with Gasteiger partial charge in [-0.25, -0.2) is 0 Å². The zero-order valence-electron chi connectivity index (χ0n) is 9.77. The van der Waals surface area contributed by atoms with Gasteiger partial charge in [0, 0.05) is 23.1 Å². The molecule has 3 heteroatoms. The number of nitrogens with zero attached hydrogens (tertiary/aromatic N) is 1. The standard InChI is InChI=1S/C14H15N3/c1-14(10-5-3-2-4-6-10)8-7-11-12(9-14)16-17-13(11)15/h2-8H,9H2,1H3,(H3,15,16,17). The molecule has 1 atom stereocenters. The molecule has 0 fully saturated rings. The number of nitrogen functional groups attached to an aromatic ring is 1. The van der Waals surface area contributed by atoms with Crippen LogP contribution in [0.3, 0.4) is 0 Å². The number of nitrogens with two attached hydrogens (primary N) is 1. The second-order valence-electron chi connectivity index (χ2n) is 4.79. The molecule has 1 aliphatic carbocycles. The summed E-state index contributed by atoms with van der Waals surface area (Å²) >= 11 is 0. The predicted molar refractivity (Wildman–Crippen MR) is 69.5 cm³/mol. The minimum Gasteiger partial charge on any atom is -0.382 e. The fourth-order valence-electron chi connectivity index (χ4n) is 2.43. The third-order valence-electron chi connectivity index (χ3n) is 3.51. The Hall–Kier alpha value is -2.03. The number of hydrogen-bond donors (Lipinski definition) is 2. The first-order valence-corrected chi connectivity index (χ1v) is 5.76. The predicted octanol–water partition coefficient (Wildman–Crippen LogP) is 2.52. The number of aromatic amines is 1. The van der Waals surface area contributed by atoms with Gasteiger partial charge in [0.2, 0.25) is 0 Å². The fourth-order valence-corrected chi connectivity index (χ4v) is 2.43. The van der Waals surface area contributed by atoms with Gasteiger partial charge in [0.15, 0.2) is 5.82 Å². The van der Waals surface area contributed by atoms with Crippen molar-refractivity contribution >= 4 is 11.9 Å². The number of benzene rings is 1. The Balaban J connectivity index is 2.04. The number of anilines is 1. The lowest BCUT2D eigenvalue weighted by atomic mass is 9.75. The van der Waals surface area contributed by atoms with E-state index in [2.05, 4.69) is 53.5 Å². The number of aromatic nitrogens is 2. The second kappa shape index (κ2) is 3.48. The first-order valence-electron chi connectivity index (χ1n) is 5.76. The minimum absolute atomic E-state index is 0.0211. The van der Waals surface area contributed by atoms with E-state index in [0.29, 0.717) is 5.82 Å². The van der Waals surface area contributed by atoms with E-state index < -0.39 is 0 Å². The van der Waals surface area contributed by atoms with E-state index in [1.54, 1.807) is 0 Å². The van der Waals surface area contributed by atoms with Crippen LogP contribution >= 0.6 is 0 Å². The average Bonchev–Trinajstić information content (AvgIpc) is 2.71. The van der Waals surface area contributed by atoms with Gasteiger partial charge in [-0.3, -0.25) is 5.10 Å². The lowest BCUT2D eigenvalue weighted by Gasteiger charge is -2.29. The molecule has 0 saturated carbocycles. The van der Waals surface area contributed by atoms with E-state index in [1.807, 2.05) is 6.07 Å². The van der Waals surface area contributed by atoms with Crippen molar-refractivity contribution in [1.82, 2.24) is 10.2 Å². The highest BCUT2D eigenvalue weighted by molar-refractivity contribution is 5.67. The number of H-pyrrole nitrogens is 1. The van der Waals surface area contributed by atoms with Gasteiger partial charge in [0.05, 0.1) is 0 Å². The molecule has 86 valence electrons. The van der Waals surface area contributed by atoms with Crippen molar-refractivity contribution in [3.63, 3.8) is 0 Å². The molecule has 1 aromatic carbocycles. The van der Waals surface area contributed by atoms with Crippen LogP contribution in [0.25, 0.3) is 6.08 Å². The van der Waals surface area contributed by atoms with Crippen molar-refractivity contribution in [2.75, 3.05) is 5.73 Å². The van der Waals surface area contributed by atoms with Gasteiger partial charge in [-0.2, -0.15) is 5.10 Å². The molecule has 0 aliphatic heterocycles. The molecule has 17 heavy (non-hydrogen) atoms. The van der Waals surface area contributed by atoms with Crippen molar-refractivity contribution in [3.8, 4) is 0 Å². The van der Waals surface area contributed by atoms with Crippen molar-refractivity contribution in [3.05, 3.63) is 53.2 Å². The van der Waals surface area contributed by atoms with Gasteiger partial charge < -0.3 is 5.73 Å². The molecule has 0 bridgehead atoms. The van der Waals surface area contributed by atoms with Crippen LogP contribution in [0.5, 0.6) is 0 Å². The van der Waals surface area contributed by atoms with E-state index in [-0.39, 0.29) is 5.41 Å². The number of rotatable bonds is 1. The van der Waals surface area contributed by atoms with Crippen LogP contribution in [-0.4, -0.2) is 10.2 Å². The van der Waals surface area contributed by atoms with Crippen LogP contribution in [-0.2, 0) is 11.8 Å². The van der Waals surface area contributed by atoms with Crippen LogP contribution in [0, 0.1) is 0 Å². The molecule has 0 saturated heterocycles. The molecule has 1 heterocycles. The summed E-state index contributed by atoms with van der Waals surface area (Å²) in [5.74, 6) is 0.589. The van der Waals surface area contributed by atoms with Gasteiger partial charge in [0.25, 0.3) is 0 Å². The van der Waals surface area contributed by atoms with Crippen molar-refractivity contribution in [2.45, 2.75) is 18.8 Å². The lowest BCUT2D eigenvalue weighted by molar-refractivity contribution is 0.577. The second-order valence-corrected chi connectivity index (χ2v) is 4.79. The monoisotopic (exact) mass is 225 g/mol. The quantitative estimate of drug-likeness (QED) is 0.783. The van der Waals surface area contributed by atoms with E-state index in [4.69, 9.17) is 5.73 Å². The van der Waals surface area contributed by atoms with Crippen LogP contribution in [0.2, 0.25) is 0 Å². The van der Waals surface area contributed by atoms with Crippen molar-refractivity contribution in [2.24, 2.45) is 0 Å². The average molecular weight is 225 g/mol. The third-order valence-corrected chi connectivity index (χ3v) is 3.51. The van der Waals surface area contributed by atoms with Crippen LogP contribution in [0.4, 0.5) is 5.82 Å². The maximum atomic E-state index is 5.79. The molecule has 0 spiro atoms. The van der Waals surface area contributed by atoms with E-state index in [0.717, 1.165) is 17.7 Å². The Morgan fingerprint density at radius 1 is 1.29 bits per heavy atom. The first-order chi connectivity index (χ1) is 8.19. The van der Waals surface area contributed by atoms with Crippen LogP contribution in [0.15, 0.2) is 36.4 Å². The summed E-state index contributed by atoms with van der Waals surface area (Å²) in [5, 5.41) is 7.08. The molecule has 1 unspecified atom stereocenters. The molecule has 2 aromatic rings. The van der Waals surface area contributed by atoms with Gasteiger partial charge in [-0.15, -0.1) is 0 Å². The molecule has 3 rings (SSSR count).